The normalized spacial score (nSPS) is 10.1. The van der Waals surface area contributed by atoms with Gasteiger partial charge in [-0.15, -0.1) is 0 Å². The molecule has 0 bridgehead atoms. The Morgan fingerprint density at radius 2 is 2.43 bits per heavy atom. The second kappa shape index (κ2) is 5.42. The second-order valence-corrected chi connectivity index (χ2v) is 3.22. The standard InChI is InChI=1S/C10H17N3O/c1-3-11-10(14)5-4-7-13-8-6-12-9(13)2/h6,8H,3-5,7H2,1-2H3,(H,11,14). The van der Waals surface area contributed by atoms with Crippen LogP contribution in [0.25, 0.3) is 0 Å². The molecule has 0 radical (unpaired) electrons. The molecule has 0 aliphatic rings. The Hall–Kier alpha value is -1.32. The van der Waals surface area contributed by atoms with Gasteiger partial charge in [0.15, 0.2) is 0 Å². The molecule has 0 unspecified atom stereocenters. The molecule has 1 aromatic rings. The average molecular weight is 195 g/mol. The molecule has 0 aromatic carbocycles. The minimum Gasteiger partial charge on any atom is -0.356 e. The molecule has 78 valence electrons. The van der Waals surface area contributed by atoms with Gasteiger partial charge >= 0.3 is 0 Å². The molecule has 0 aliphatic heterocycles. The molecule has 0 saturated carbocycles. The number of carbonyl (C=O) groups is 1. The van der Waals surface area contributed by atoms with Gasteiger partial charge in [0.05, 0.1) is 0 Å². The Morgan fingerprint density at radius 3 is 3.00 bits per heavy atom. The molecule has 4 heteroatoms. The summed E-state index contributed by atoms with van der Waals surface area (Å²) in [4.78, 5) is 15.2. The molecule has 4 nitrogen and oxygen atoms in total. The first-order chi connectivity index (χ1) is 6.74. The molecule has 1 rings (SSSR count). The van der Waals surface area contributed by atoms with Gasteiger partial charge in [-0.25, -0.2) is 4.98 Å². The third-order valence-corrected chi connectivity index (χ3v) is 2.10. The molecule has 1 heterocycles. The first kappa shape index (κ1) is 10.8. The Morgan fingerprint density at radius 1 is 1.64 bits per heavy atom. The van der Waals surface area contributed by atoms with E-state index in [9.17, 15) is 4.79 Å². The highest BCUT2D eigenvalue weighted by atomic mass is 16.1. The number of nitrogens with zero attached hydrogens (tertiary/aromatic N) is 2. The summed E-state index contributed by atoms with van der Waals surface area (Å²) >= 11 is 0. The Kier molecular flexibility index (Phi) is 4.16. The van der Waals surface area contributed by atoms with Crippen molar-refractivity contribution in [2.45, 2.75) is 33.2 Å². The van der Waals surface area contributed by atoms with Crippen molar-refractivity contribution in [2.75, 3.05) is 6.54 Å². The zero-order valence-electron chi connectivity index (χ0n) is 8.79. The lowest BCUT2D eigenvalue weighted by molar-refractivity contribution is -0.121. The monoisotopic (exact) mass is 195 g/mol. The number of imidazole rings is 1. The predicted octanol–water partition coefficient (Wildman–Crippen LogP) is 1.11. The van der Waals surface area contributed by atoms with Crippen LogP contribution in [0.5, 0.6) is 0 Å². The summed E-state index contributed by atoms with van der Waals surface area (Å²) in [6, 6.07) is 0. The molecule has 0 fully saturated rings. The summed E-state index contributed by atoms with van der Waals surface area (Å²) < 4.78 is 2.05. The largest absolute Gasteiger partial charge is 0.356 e. The van der Waals surface area contributed by atoms with E-state index in [1.165, 1.54) is 0 Å². The zero-order chi connectivity index (χ0) is 10.4. The maximum absolute atomic E-state index is 11.1. The van der Waals surface area contributed by atoms with E-state index in [0.29, 0.717) is 13.0 Å². The SMILES string of the molecule is CCNC(=O)CCCn1ccnc1C. The smallest absolute Gasteiger partial charge is 0.220 e. The lowest BCUT2D eigenvalue weighted by Crippen LogP contribution is -2.22. The fraction of sp³-hybridized carbons (Fsp3) is 0.600. The fourth-order valence-corrected chi connectivity index (χ4v) is 1.34. The third kappa shape index (κ3) is 3.20. The highest BCUT2D eigenvalue weighted by Crippen LogP contribution is 1.99. The number of rotatable bonds is 5. The van der Waals surface area contributed by atoms with E-state index < -0.39 is 0 Å². The van der Waals surface area contributed by atoms with Crippen LogP contribution in [0, 0.1) is 6.92 Å². The number of carbonyl (C=O) groups excluding carboxylic acids is 1. The highest BCUT2D eigenvalue weighted by molar-refractivity contribution is 5.75. The lowest BCUT2D eigenvalue weighted by Gasteiger charge is -2.04. The molecule has 0 aliphatic carbocycles. The molecule has 1 aromatic heterocycles. The van der Waals surface area contributed by atoms with Crippen LogP contribution >= 0.6 is 0 Å². The zero-order valence-corrected chi connectivity index (χ0v) is 8.79. The highest BCUT2D eigenvalue weighted by Gasteiger charge is 2.00. The summed E-state index contributed by atoms with van der Waals surface area (Å²) in [6.07, 6.45) is 5.17. The van der Waals surface area contributed by atoms with E-state index in [2.05, 4.69) is 14.9 Å². The van der Waals surface area contributed by atoms with Gasteiger partial charge in [-0.3, -0.25) is 4.79 Å². The third-order valence-electron chi connectivity index (χ3n) is 2.10. The minimum atomic E-state index is 0.130. The van der Waals surface area contributed by atoms with Crippen molar-refractivity contribution in [3.8, 4) is 0 Å². The molecule has 14 heavy (non-hydrogen) atoms. The van der Waals surface area contributed by atoms with Crippen molar-refractivity contribution in [1.82, 2.24) is 14.9 Å². The van der Waals surface area contributed by atoms with Gasteiger partial charge < -0.3 is 9.88 Å². The number of nitrogens with one attached hydrogen (secondary N) is 1. The first-order valence-corrected chi connectivity index (χ1v) is 4.98. The summed E-state index contributed by atoms with van der Waals surface area (Å²) in [5.41, 5.74) is 0. The molecule has 0 atom stereocenters. The molecular weight excluding hydrogens is 178 g/mol. The van der Waals surface area contributed by atoms with Crippen molar-refractivity contribution in [3.05, 3.63) is 18.2 Å². The number of aryl methyl sites for hydroxylation is 2. The fourth-order valence-electron chi connectivity index (χ4n) is 1.34. The van der Waals surface area contributed by atoms with Gasteiger partial charge in [0, 0.05) is 31.9 Å². The number of aromatic nitrogens is 2. The number of amides is 1. The van der Waals surface area contributed by atoms with E-state index in [-0.39, 0.29) is 5.91 Å². The van der Waals surface area contributed by atoms with E-state index in [0.717, 1.165) is 18.8 Å². The molecule has 1 amide bonds. The molecular formula is C10H17N3O. The lowest BCUT2D eigenvalue weighted by atomic mass is 10.3. The topological polar surface area (TPSA) is 46.9 Å². The maximum Gasteiger partial charge on any atom is 0.220 e. The Bertz CT molecular complexity index is 293. The van der Waals surface area contributed by atoms with Crippen LogP contribution in [0.4, 0.5) is 0 Å². The summed E-state index contributed by atoms with van der Waals surface area (Å²) in [6.45, 7) is 5.47. The van der Waals surface area contributed by atoms with Crippen LogP contribution in [0.2, 0.25) is 0 Å². The molecule has 1 N–H and O–H groups in total. The van der Waals surface area contributed by atoms with Crippen LogP contribution in [0.1, 0.15) is 25.6 Å². The van der Waals surface area contributed by atoms with Gasteiger partial charge in [0.2, 0.25) is 5.91 Å². The maximum atomic E-state index is 11.1. The van der Waals surface area contributed by atoms with Crippen molar-refractivity contribution in [3.63, 3.8) is 0 Å². The molecule has 0 saturated heterocycles. The van der Waals surface area contributed by atoms with E-state index >= 15 is 0 Å². The van der Waals surface area contributed by atoms with Crippen molar-refractivity contribution in [1.29, 1.82) is 0 Å². The van der Waals surface area contributed by atoms with Gasteiger partial charge in [-0.2, -0.15) is 0 Å². The summed E-state index contributed by atoms with van der Waals surface area (Å²) in [5, 5.41) is 2.78. The average Bonchev–Trinajstić information content (AvgIpc) is 2.52. The van der Waals surface area contributed by atoms with E-state index in [1.807, 2.05) is 20.0 Å². The van der Waals surface area contributed by atoms with E-state index in [4.69, 9.17) is 0 Å². The first-order valence-electron chi connectivity index (χ1n) is 4.98. The van der Waals surface area contributed by atoms with Gasteiger partial charge in [0.25, 0.3) is 0 Å². The quantitative estimate of drug-likeness (QED) is 0.765. The Balaban J connectivity index is 2.22. The van der Waals surface area contributed by atoms with Crippen molar-refractivity contribution in [2.24, 2.45) is 0 Å². The van der Waals surface area contributed by atoms with Crippen molar-refractivity contribution < 1.29 is 4.79 Å². The minimum absolute atomic E-state index is 0.130. The van der Waals surface area contributed by atoms with Crippen LogP contribution < -0.4 is 5.32 Å². The van der Waals surface area contributed by atoms with Crippen LogP contribution in [-0.2, 0) is 11.3 Å². The predicted molar refractivity (Wildman–Crippen MR) is 54.9 cm³/mol. The molecule has 0 spiro atoms. The van der Waals surface area contributed by atoms with Gasteiger partial charge in [0.1, 0.15) is 5.82 Å². The Labute approximate surface area is 84.3 Å². The van der Waals surface area contributed by atoms with Crippen LogP contribution in [0.15, 0.2) is 12.4 Å². The number of hydrogen-bond donors (Lipinski definition) is 1. The second-order valence-electron chi connectivity index (χ2n) is 3.22. The number of hydrogen-bond acceptors (Lipinski definition) is 2. The van der Waals surface area contributed by atoms with Crippen molar-refractivity contribution >= 4 is 5.91 Å². The van der Waals surface area contributed by atoms with Gasteiger partial charge in [-0.05, 0) is 20.3 Å². The van der Waals surface area contributed by atoms with E-state index in [1.54, 1.807) is 6.20 Å². The summed E-state index contributed by atoms with van der Waals surface area (Å²) in [7, 11) is 0. The van der Waals surface area contributed by atoms with Gasteiger partial charge in [-0.1, -0.05) is 0 Å². The summed E-state index contributed by atoms with van der Waals surface area (Å²) in [5.74, 6) is 1.13. The van der Waals surface area contributed by atoms with Crippen LogP contribution in [0.3, 0.4) is 0 Å². The van der Waals surface area contributed by atoms with Crippen LogP contribution in [-0.4, -0.2) is 22.0 Å².